The van der Waals surface area contributed by atoms with Gasteiger partial charge in [0.15, 0.2) is 0 Å². The summed E-state index contributed by atoms with van der Waals surface area (Å²) in [5.41, 5.74) is 4.29. The molecular weight excluding hydrogens is 1000 g/mol. The van der Waals surface area contributed by atoms with E-state index in [1.807, 2.05) is 82.3 Å². The lowest BCUT2D eigenvalue weighted by Crippen LogP contribution is -2.40. The maximum Gasteiger partial charge on any atom is 0.307 e. The molecule has 0 radical (unpaired) electrons. The van der Waals surface area contributed by atoms with Crippen LogP contribution in [0.4, 0.5) is 11.4 Å². The maximum atomic E-state index is 13.7. The number of anilines is 2. The highest BCUT2D eigenvalue weighted by Crippen LogP contribution is 2.29. The van der Waals surface area contributed by atoms with Gasteiger partial charge in [-0.25, -0.2) is 9.97 Å². The van der Waals surface area contributed by atoms with Crippen molar-refractivity contribution in [1.82, 2.24) is 29.7 Å². The van der Waals surface area contributed by atoms with Crippen molar-refractivity contribution in [3.8, 4) is 0 Å². The molecule has 2 aromatic heterocycles. The molecule has 5 heterocycles. The van der Waals surface area contributed by atoms with Gasteiger partial charge in [0.1, 0.15) is 12.1 Å². The smallest absolute Gasteiger partial charge is 0.307 e. The summed E-state index contributed by atoms with van der Waals surface area (Å²) in [7, 11) is 1.34. The molecule has 79 heavy (non-hydrogen) atoms. The number of methoxy groups -OCH3 is 1. The van der Waals surface area contributed by atoms with Gasteiger partial charge < -0.3 is 35.0 Å². The van der Waals surface area contributed by atoms with Crippen LogP contribution in [0.2, 0.25) is 0 Å². The molecular formula is C62H82N8O9. The molecule has 3 fully saturated rings. The first-order chi connectivity index (χ1) is 37.7. The number of hydrogen-bond acceptors (Lipinski definition) is 12. The minimum Gasteiger partial charge on any atom is -0.481 e. The Balaban J connectivity index is 0.000000231. The normalized spacial score (nSPS) is 15.8. The molecule has 17 nitrogen and oxygen atoms in total. The highest BCUT2D eigenvalue weighted by molar-refractivity contribution is 5.84. The van der Waals surface area contributed by atoms with Gasteiger partial charge in [-0.05, 0) is 136 Å². The molecule has 17 heteroatoms. The van der Waals surface area contributed by atoms with Crippen molar-refractivity contribution < 1.29 is 33.8 Å². The molecule has 0 spiro atoms. The van der Waals surface area contributed by atoms with Crippen molar-refractivity contribution in [2.24, 2.45) is 11.8 Å². The van der Waals surface area contributed by atoms with E-state index in [9.17, 15) is 33.9 Å². The number of nitrogens with zero attached hydrogens (tertiary/aromatic N) is 6. The molecule has 424 valence electrons. The van der Waals surface area contributed by atoms with E-state index in [-0.39, 0.29) is 49.1 Å². The topological polar surface area (TPSA) is 207 Å². The Labute approximate surface area is 464 Å². The number of aromatic nitrogens is 4. The van der Waals surface area contributed by atoms with E-state index < -0.39 is 42.0 Å². The number of amides is 2. The van der Waals surface area contributed by atoms with Crippen LogP contribution in [0.5, 0.6) is 0 Å². The molecule has 3 aliphatic rings. The Morgan fingerprint density at radius 3 is 1.38 bits per heavy atom. The number of esters is 1. The fourth-order valence-electron chi connectivity index (χ4n) is 10.4. The quantitative estimate of drug-likeness (QED) is 0.0686. The number of rotatable bonds is 18. The van der Waals surface area contributed by atoms with Gasteiger partial charge in [0.2, 0.25) is 11.8 Å². The number of nitrogens with one attached hydrogen (secondary N) is 2. The zero-order chi connectivity index (χ0) is 55.6. The maximum absolute atomic E-state index is 13.7. The van der Waals surface area contributed by atoms with Crippen molar-refractivity contribution >= 4 is 56.9 Å². The first-order valence-electron chi connectivity index (χ1n) is 27.8. The lowest BCUT2D eigenvalue weighted by Gasteiger charge is -2.30. The van der Waals surface area contributed by atoms with E-state index in [0.717, 1.165) is 87.6 Å². The number of para-hydroxylation sites is 2. The molecule has 2 amide bonds. The Morgan fingerprint density at radius 1 is 0.582 bits per heavy atom. The van der Waals surface area contributed by atoms with Crippen molar-refractivity contribution in [3.63, 3.8) is 0 Å². The van der Waals surface area contributed by atoms with Crippen molar-refractivity contribution in [2.75, 3.05) is 56.3 Å². The third-order valence-corrected chi connectivity index (χ3v) is 14.5. The van der Waals surface area contributed by atoms with Crippen LogP contribution in [0.1, 0.15) is 147 Å². The number of piperidine rings is 2. The Hall–Kier alpha value is -7.40. The summed E-state index contributed by atoms with van der Waals surface area (Å²) in [6.45, 7) is 13.9. The van der Waals surface area contributed by atoms with E-state index in [1.165, 1.54) is 54.6 Å². The summed E-state index contributed by atoms with van der Waals surface area (Å²) >= 11 is 0. The van der Waals surface area contributed by atoms with E-state index in [4.69, 9.17) is 9.47 Å². The summed E-state index contributed by atoms with van der Waals surface area (Å²) in [4.78, 5) is 91.5. The largest absolute Gasteiger partial charge is 0.481 e. The van der Waals surface area contributed by atoms with Crippen LogP contribution in [0.25, 0.3) is 21.8 Å². The summed E-state index contributed by atoms with van der Waals surface area (Å²) in [5, 5.41) is 16.5. The molecule has 0 saturated carbocycles. The lowest BCUT2D eigenvalue weighted by molar-refractivity contribution is -0.142. The minimum atomic E-state index is -1.01. The second-order valence-corrected chi connectivity index (χ2v) is 21.3. The summed E-state index contributed by atoms with van der Waals surface area (Å²) in [6, 6.07) is 27.0. The summed E-state index contributed by atoms with van der Waals surface area (Å²) in [5.74, 6) is -1.87. The van der Waals surface area contributed by atoms with Crippen LogP contribution in [0.15, 0.2) is 119 Å². The molecule has 9 rings (SSSR count). The Morgan fingerprint density at radius 2 is 1.00 bits per heavy atom. The fraction of sp³-hybridized carbons (Fsp3) is 0.484. The molecule has 4 aromatic carbocycles. The van der Waals surface area contributed by atoms with Gasteiger partial charge in [0, 0.05) is 50.8 Å². The van der Waals surface area contributed by atoms with Crippen LogP contribution < -0.4 is 31.6 Å². The number of carbonyl (C=O) groups excluding carboxylic acids is 3. The average Bonchev–Trinajstić information content (AvgIpc) is 4.06. The van der Waals surface area contributed by atoms with Gasteiger partial charge >= 0.3 is 11.9 Å². The van der Waals surface area contributed by atoms with E-state index >= 15 is 0 Å². The zero-order valence-electron chi connectivity index (χ0n) is 46.0. The lowest BCUT2D eigenvalue weighted by atomic mass is 9.99. The number of hydrogen-bond donors (Lipinski definition) is 3. The standard InChI is InChI=1S/C29H36N4O4.C28H34N4O4.C4H8O.CH4/c1-20(2)16-26(33-19-30-24-13-6-5-12-23(24)29(33)36)28(35)31-25(18-27(34)37-3)21-10-9-11-22(17-21)32-14-7-4-8-15-32;1-19(2)15-25(32-18-29-23-12-5-4-11-22(23)28(32)36)27(35)30-24(17-26(33)34)20-9-8-10-21(16-20)31-13-6-3-7-14-31;1-2-4-5-3-1;/h5-6,9-13,17,19-20,25-26H,4,7-8,14-16,18H2,1-3H3,(H,31,35);4-5,8-12,16,18-19,24-25H,3,6-7,13-15,17H2,1-2H3,(H,30,35)(H,33,34);1-4H2;1H4/t25-,26-;24-,25-;;/m00../s1. The van der Waals surface area contributed by atoms with E-state index in [2.05, 4.69) is 36.5 Å². The van der Waals surface area contributed by atoms with E-state index in [1.54, 1.807) is 36.4 Å². The monoisotopic (exact) mass is 1080 g/mol. The number of aliphatic carboxylic acids is 1. The molecule has 0 bridgehead atoms. The Kier molecular flexibility index (Phi) is 23.2. The predicted molar refractivity (Wildman–Crippen MR) is 311 cm³/mol. The highest BCUT2D eigenvalue weighted by Gasteiger charge is 2.30. The van der Waals surface area contributed by atoms with Crippen molar-refractivity contribution in [2.45, 2.75) is 136 Å². The Bertz CT molecular complexity index is 3060. The number of ether oxygens (including phenoxy) is 2. The molecule has 6 aromatic rings. The number of carboxylic acid groups (broad SMARTS) is 1. The fourth-order valence-corrected chi connectivity index (χ4v) is 10.4. The second kappa shape index (κ2) is 30.1. The van der Waals surface area contributed by atoms with Gasteiger partial charge in [-0.3, -0.25) is 37.9 Å². The van der Waals surface area contributed by atoms with Gasteiger partial charge in [-0.1, -0.05) is 83.7 Å². The molecule has 3 N–H and O–H groups in total. The third-order valence-electron chi connectivity index (χ3n) is 14.5. The van der Waals surface area contributed by atoms with Gasteiger partial charge in [0.05, 0.1) is 66.5 Å². The number of carbonyl (C=O) groups is 4. The summed E-state index contributed by atoms with van der Waals surface area (Å²) in [6.07, 6.45) is 13.0. The van der Waals surface area contributed by atoms with Crippen LogP contribution >= 0.6 is 0 Å². The molecule has 0 aliphatic carbocycles. The third kappa shape index (κ3) is 17.0. The summed E-state index contributed by atoms with van der Waals surface area (Å²) < 4.78 is 12.7. The van der Waals surface area contributed by atoms with Gasteiger partial charge in [-0.15, -0.1) is 0 Å². The molecule has 0 unspecified atom stereocenters. The molecule has 3 aliphatic heterocycles. The highest BCUT2D eigenvalue weighted by atomic mass is 16.5. The number of benzene rings is 4. The van der Waals surface area contributed by atoms with E-state index in [0.29, 0.717) is 34.6 Å². The zero-order valence-corrected chi connectivity index (χ0v) is 46.0. The molecule has 4 atom stereocenters. The SMILES string of the molecule is C.C1CCOC1.CC(C)C[C@@H](C(=O)N[C@@H](CC(=O)O)c1cccc(N2CCCCC2)c1)n1cnc2ccccc2c1=O.COC(=O)C[C@H](NC(=O)[C@H](CC(C)C)n1cnc2ccccc2c1=O)c1cccc(N2CCCCC2)c1. The molecule has 3 saturated heterocycles. The minimum absolute atomic E-state index is 0. The average molecular weight is 1080 g/mol. The first-order valence-corrected chi connectivity index (χ1v) is 27.8. The predicted octanol–water partition coefficient (Wildman–Crippen LogP) is 10.1. The van der Waals surface area contributed by atoms with Crippen LogP contribution in [-0.4, -0.2) is 94.5 Å². The number of fused-ring (bicyclic) bond motifs is 2. The second-order valence-electron chi connectivity index (χ2n) is 21.3. The van der Waals surface area contributed by atoms with Crippen LogP contribution in [0.3, 0.4) is 0 Å². The number of carboxylic acids is 1. The van der Waals surface area contributed by atoms with Gasteiger partial charge in [0.25, 0.3) is 11.1 Å². The van der Waals surface area contributed by atoms with Crippen molar-refractivity contribution in [3.05, 3.63) is 142 Å². The van der Waals surface area contributed by atoms with Crippen LogP contribution in [-0.2, 0) is 28.7 Å². The first kappa shape index (κ1) is 60.8. The van der Waals surface area contributed by atoms with Crippen LogP contribution in [0, 0.1) is 11.8 Å². The van der Waals surface area contributed by atoms with Gasteiger partial charge in [-0.2, -0.15) is 0 Å². The van der Waals surface area contributed by atoms with Crippen molar-refractivity contribution in [1.29, 1.82) is 0 Å².